The van der Waals surface area contributed by atoms with Crippen LogP contribution in [0.15, 0.2) is 88.2 Å². The van der Waals surface area contributed by atoms with E-state index in [-0.39, 0.29) is 11.4 Å². The van der Waals surface area contributed by atoms with Crippen molar-refractivity contribution in [3.63, 3.8) is 0 Å². The first-order valence-electron chi connectivity index (χ1n) is 8.57. The molecule has 0 fully saturated rings. The summed E-state index contributed by atoms with van der Waals surface area (Å²) in [6, 6.07) is 22.3. The fraction of sp³-hybridized carbons (Fsp3) is 0.0952. The lowest BCUT2D eigenvalue weighted by molar-refractivity contribution is -0.114. The predicted molar refractivity (Wildman–Crippen MR) is 115 cm³/mol. The van der Waals surface area contributed by atoms with Crippen molar-refractivity contribution in [1.29, 1.82) is 0 Å². The van der Waals surface area contributed by atoms with Crippen LogP contribution in [0, 0.1) is 6.92 Å². The minimum atomic E-state index is -3.91. The number of para-hydroxylation sites is 1. The molecule has 3 aromatic carbocycles. The number of halogens is 1. The highest BCUT2D eigenvalue weighted by molar-refractivity contribution is 9.10. The molecule has 0 saturated heterocycles. The lowest BCUT2D eigenvalue weighted by atomic mass is 10.2. The third-order valence-corrected chi connectivity index (χ3v) is 6.43. The summed E-state index contributed by atoms with van der Waals surface area (Å²) in [5, 5.41) is 2.75. The molecule has 3 rings (SSSR count). The van der Waals surface area contributed by atoms with E-state index in [0.29, 0.717) is 11.4 Å². The Morgan fingerprint density at radius 2 is 1.54 bits per heavy atom. The summed E-state index contributed by atoms with van der Waals surface area (Å²) >= 11 is 3.34. The number of rotatable bonds is 6. The van der Waals surface area contributed by atoms with E-state index in [1.807, 2.05) is 19.1 Å². The highest BCUT2D eigenvalue weighted by Gasteiger charge is 2.28. The number of amides is 1. The van der Waals surface area contributed by atoms with Crippen molar-refractivity contribution in [2.24, 2.45) is 0 Å². The van der Waals surface area contributed by atoms with Crippen molar-refractivity contribution in [2.45, 2.75) is 11.8 Å². The SMILES string of the molecule is Cc1ccccc1N(CC(=O)Nc1ccc(Br)cc1)S(=O)(=O)c1ccccc1. The van der Waals surface area contributed by atoms with Gasteiger partial charge in [-0.05, 0) is 55.0 Å². The van der Waals surface area contributed by atoms with Crippen molar-refractivity contribution in [2.75, 3.05) is 16.2 Å². The van der Waals surface area contributed by atoms with E-state index in [2.05, 4.69) is 21.2 Å². The second-order valence-corrected chi connectivity index (χ2v) is 8.94. The minimum absolute atomic E-state index is 0.134. The quantitative estimate of drug-likeness (QED) is 0.587. The van der Waals surface area contributed by atoms with Crippen molar-refractivity contribution >= 4 is 43.2 Å². The van der Waals surface area contributed by atoms with Gasteiger partial charge < -0.3 is 5.32 Å². The molecule has 0 aliphatic carbocycles. The summed E-state index contributed by atoms with van der Waals surface area (Å²) in [5.41, 5.74) is 1.82. The molecule has 0 heterocycles. The molecule has 28 heavy (non-hydrogen) atoms. The van der Waals surface area contributed by atoms with Crippen LogP contribution in [0.2, 0.25) is 0 Å². The Kier molecular flexibility index (Phi) is 6.16. The zero-order chi connectivity index (χ0) is 20.1. The fourth-order valence-corrected chi connectivity index (χ4v) is 4.50. The van der Waals surface area contributed by atoms with E-state index in [1.54, 1.807) is 54.6 Å². The monoisotopic (exact) mass is 458 g/mol. The number of hydrogen-bond donors (Lipinski definition) is 1. The highest BCUT2D eigenvalue weighted by Crippen LogP contribution is 2.26. The molecular formula is C21H19BrN2O3S. The smallest absolute Gasteiger partial charge is 0.264 e. The maximum atomic E-state index is 13.3. The molecule has 0 spiro atoms. The minimum Gasteiger partial charge on any atom is -0.325 e. The Hall–Kier alpha value is -2.64. The number of carbonyl (C=O) groups is 1. The van der Waals surface area contributed by atoms with Crippen LogP contribution in [-0.2, 0) is 14.8 Å². The largest absolute Gasteiger partial charge is 0.325 e. The molecule has 0 atom stereocenters. The number of benzene rings is 3. The summed E-state index contributed by atoms with van der Waals surface area (Å²) in [6.45, 7) is 1.48. The van der Waals surface area contributed by atoms with Gasteiger partial charge in [0, 0.05) is 10.2 Å². The van der Waals surface area contributed by atoms with Gasteiger partial charge in [0.05, 0.1) is 10.6 Å². The first kappa shape index (κ1) is 20.1. The van der Waals surface area contributed by atoms with Gasteiger partial charge in [-0.3, -0.25) is 9.10 Å². The number of anilines is 2. The lowest BCUT2D eigenvalue weighted by Crippen LogP contribution is -2.38. The average Bonchev–Trinajstić information content (AvgIpc) is 2.69. The van der Waals surface area contributed by atoms with Gasteiger partial charge in [-0.15, -0.1) is 0 Å². The number of nitrogens with zero attached hydrogens (tertiary/aromatic N) is 1. The van der Waals surface area contributed by atoms with Gasteiger partial charge in [-0.2, -0.15) is 0 Å². The first-order chi connectivity index (χ1) is 13.4. The fourth-order valence-electron chi connectivity index (χ4n) is 2.73. The zero-order valence-corrected chi connectivity index (χ0v) is 17.6. The van der Waals surface area contributed by atoms with Crippen LogP contribution in [0.4, 0.5) is 11.4 Å². The summed E-state index contributed by atoms with van der Waals surface area (Å²) in [5.74, 6) is -0.426. The van der Waals surface area contributed by atoms with Crippen LogP contribution < -0.4 is 9.62 Å². The molecule has 0 aliphatic heterocycles. The molecule has 1 amide bonds. The molecule has 144 valence electrons. The summed E-state index contributed by atoms with van der Waals surface area (Å²) in [6.07, 6.45) is 0. The molecule has 0 saturated carbocycles. The van der Waals surface area contributed by atoms with Gasteiger partial charge in [-0.1, -0.05) is 52.3 Å². The van der Waals surface area contributed by atoms with Crippen LogP contribution in [0.1, 0.15) is 5.56 Å². The molecule has 0 radical (unpaired) electrons. The van der Waals surface area contributed by atoms with Crippen LogP contribution >= 0.6 is 15.9 Å². The summed E-state index contributed by atoms with van der Waals surface area (Å²) in [4.78, 5) is 12.8. The second-order valence-electron chi connectivity index (χ2n) is 6.17. The number of carbonyl (C=O) groups excluding carboxylic acids is 1. The molecule has 0 unspecified atom stereocenters. The highest BCUT2D eigenvalue weighted by atomic mass is 79.9. The van der Waals surface area contributed by atoms with Crippen LogP contribution in [0.3, 0.4) is 0 Å². The van der Waals surface area contributed by atoms with Gasteiger partial charge in [0.2, 0.25) is 5.91 Å². The Balaban J connectivity index is 1.94. The Labute approximate surface area is 173 Å². The van der Waals surface area contributed by atoms with Gasteiger partial charge >= 0.3 is 0 Å². The first-order valence-corrected chi connectivity index (χ1v) is 10.8. The van der Waals surface area contributed by atoms with Crippen molar-refractivity contribution in [3.05, 3.63) is 88.9 Å². The Bertz CT molecular complexity index is 1070. The number of sulfonamides is 1. The molecule has 5 nitrogen and oxygen atoms in total. The van der Waals surface area contributed by atoms with Crippen LogP contribution in [0.5, 0.6) is 0 Å². The molecular weight excluding hydrogens is 440 g/mol. The molecule has 3 aromatic rings. The lowest BCUT2D eigenvalue weighted by Gasteiger charge is -2.25. The number of nitrogens with one attached hydrogen (secondary N) is 1. The van der Waals surface area contributed by atoms with E-state index in [4.69, 9.17) is 0 Å². The van der Waals surface area contributed by atoms with E-state index in [9.17, 15) is 13.2 Å². The van der Waals surface area contributed by atoms with Gasteiger partial charge in [0.1, 0.15) is 6.54 Å². The number of aryl methyl sites for hydroxylation is 1. The maximum absolute atomic E-state index is 13.3. The van der Waals surface area contributed by atoms with Gasteiger partial charge in [0.25, 0.3) is 10.0 Å². The molecule has 7 heteroatoms. The third kappa shape index (κ3) is 4.61. The van der Waals surface area contributed by atoms with Crippen LogP contribution in [-0.4, -0.2) is 20.9 Å². The van der Waals surface area contributed by atoms with Crippen molar-refractivity contribution in [1.82, 2.24) is 0 Å². The topological polar surface area (TPSA) is 66.5 Å². The Morgan fingerprint density at radius 3 is 2.18 bits per heavy atom. The van der Waals surface area contributed by atoms with E-state index in [0.717, 1.165) is 14.3 Å². The van der Waals surface area contributed by atoms with E-state index in [1.165, 1.54) is 12.1 Å². The van der Waals surface area contributed by atoms with E-state index < -0.39 is 15.9 Å². The van der Waals surface area contributed by atoms with Gasteiger partial charge in [0.15, 0.2) is 0 Å². The van der Waals surface area contributed by atoms with Crippen LogP contribution in [0.25, 0.3) is 0 Å². The Morgan fingerprint density at radius 1 is 0.929 bits per heavy atom. The third-order valence-electron chi connectivity index (χ3n) is 4.13. The normalized spacial score (nSPS) is 11.1. The number of hydrogen-bond acceptors (Lipinski definition) is 3. The second kappa shape index (κ2) is 8.58. The summed E-state index contributed by atoms with van der Waals surface area (Å²) < 4.78 is 28.5. The van der Waals surface area contributed by atoms with Gasteiger partial charge in [-0.25, -0.2) is 8.42 Å². The summed E-state index contributed by atoms with van der Waals surface area (Å²) in [7, 11) is -3.91. The predicted octanol–water partition coefficient (Wildman–Crippen LogP) is 4.59. The average molecular weight is 459 g/mol. The molecule has 1 N–H and O–H groups in total. The standard InChI is InChI=1S/C21H19BrN2O3S/c1-16-7-5-6-10-20(16)24(28(26,27)19-8-3-2-4-9-19)15-21(25)23-18-13-11-17(22)12-14-18/h2-14H,15H2,1H3,(H,23,25). The molecule has 0 aliphatic rings. The van der Waals surface area contributed by atoms with E-state index >= 15 is 0 Å². The zero-order valence-electron chi connectivity index (χ0n) is 15.2. The van der Waals surface area contributed by atoms with Crippen molar-refractivity contribution < 1.29 is 13.2 Å². The molecule has 0 aromatic heterocycles. The maximum Gasteiger partial charge on any atom is 0.264 e. The molecule has 0 bridgehead atoms. The van der Waals surface area contributed by atoms with Crippen molar-refractivity contribution in [3.8, 4) is 0 Å².